The molecular weight excluding hydrogens is 242 g/mol. The largest absolute Gasteiger partial charge is 0.423 e. The van der Waals surface area contributed by atoms with Crippen LogP contribution in [-0.2, 0) is 4.74 Å². The van der Waals surface area contributed by atoms with Crippen molar-refractivity contribution in [1.29, 1.82) is 0 Å². The number of nitrogens with one attached hydrogen (secondary N) is 1. The maximum atomic E-state index is 5.72. The number of hydrogen-bond donors (Lipinski definition) is 2. The number of hydrogen-bond acceptors (Lipinski definition) is 5. The summed E-state index contributed by atoms with van der Waals surface area (Å²) in [6.07, 6.45) is 3.58. The van der Waals surface area contributed by atoms with Crippen molar-refractivity contribution >= 4 is 22.8 Å². The summed E-state index contributed by atoms with van der Waals surface area (Å²) in [5.74, 6) is 0. The molecule has 1 saturated carbocycles. The van der Waals surface area contributed by atoms with Gasteiger partial charge in [-0.1, -0.05) is 0 Å². The average molecular weight is 261 g/mol. The van der Waals surface area contributed by atoms with Crippen LogP contribution >= 0.6 is 0 Å². The second-order valence-electron chi connectivity index (χ2n) is 5.34. The Labute approximate surface area is 112 Å². The molecule has 0 aliphatic heterocycles. The summed E-state index contributed by atoms with van der Waals surface area (Å²) < 4.78 is 10.8. The molecule has 0 saturated heterocycles. The van der Waals surface area contributed by atoms with Crippen LogP contribution in [0.25, 0.3) is 11.1 Å². The molecule has 1 aliphatic rings. The van der Waals surface area contributed by atoms with Crippen molar-refractivity contribution in [3.8, 4) is 0 Å². The summed E-state index contributed by atoms with van der Waals surface area (Å²) in [7, 11) is 1.74. The minimum atomic E-state index is 0.371. The zero-order valence-corrected chi connectivity index (χ0v) is 11.1. The second-order valence-corrected chi connectivity index (χ2v) is 5.34. The third-order valence-electron chi connectivity index (χ3n) is 3.82. The number of fused-ring (bicyclic) bond motifs is 1. The van der Waals surface area contributed by atoms with E-state index < -0.39 is 0 Å². The molecule has 3 rings (SSSR count). The standard InChI is InChI=1S/C14H19N3O2/c1-18-7-6-14(4-5-14)9-16-13-17-11-3-2-10(15)8-12(11)19-13/h2-3,8H,4-7,9,15H2,1H3,(H,16,17). The van der Waals surface area contributed by atoms with E-state index in [9.17, 15) is 0 Å². The van der Waals surface area contributed by atoms with Crippen molar-refractivity contribution in [2.75, 3.05) is 31.3 Å². The van der Waals surface area contributed by atoms with Gasteiger partial charge in [0.1, 0.15) is 5.52 Å². The number of aromatic nitrogens is 1. The van der Waals surface area contributed by atoms with E-state index >= 15 is 0 Å². The first-order valence-corrected chi connectivity index (χ1v) is 6.60. The normalized spacial score (nSPS) is 16.7. The zero-order chi connectivity index (χ0) is 13.3. The topological polar surface area (TPSA) is 73.3 Å². The fraction of sp³-hybridized carbons (Fsp3) is 0.500. The van der Waals surface area contributed by atoms with Gasteiger partial charge in [-0.05, 0) is 36.8 Å². The number of nitrogens with two attached hydrogens (primary N) is 1. The first kappa shape index (κ1) is 12.3. The molecule has 1 aliphatic carbocycles. The summed E-state index contributed by atoms with van der Waals surface area (Å²) in [5, 5.41) is 3.29. The number of nitrogen functional groups attached to an aromatic ring is 1. The van der Waals surface area contributed by atoms with Gasteiger partial charge in [0.2, 0.25) is 0 Å². The molecule has 0 radical (unpaired) electrons. The molecule has 1 aromatic heterocycles. The summed E-state index contributed by atoms with van der Waals surface area (Å²) in [5.41, 5.74) is 8.34. The molecule has 102 valence electrons. The minimum Gasteiger partial charge on any atom is -0.423 e. The molecule has 0 amide bonds. The molecule has 5 nitrogen and oxygen atoms in total. The highest BCUT2D eigenvalue weighted by atomic mass is 16.5. The number of benzene rings is 1. The van der Waals surface area contributed by atoms with Crippen LogP contribution in [0.3, 0.4) is 0 Å². The van der Waals surface area contributed by atoms with Gasteiger partial charge in [-0.2, -0.15) is 4.98 Å². The van der Waals surface area contributed by atoms with E-state index in [-0.39, 0.29) is 0 Å². The third kappa shape index (κ3) is 2.66. The van der Waals surface area contributed by atoms with Crippen LogP contribution in [-0.4, -0.2) is 25.2 Å². The number of oxazole rings is 1. The quantitative estimate of drug-likeness (QED) is 0.782. The highest BCUT2D eigenvalue weighted by Crippen LogP contribution is 2.48. The predicted molar refractivity (Wildman–Crippen MR) is 75.1 cm³/mol. The highest BCUT2D eigenvalue weighted by Gasteiger charge is 2.41. The highest BCUT2D eigenvalue weighted by molar-refractivity contribution is 5.78. The second kappa shape index (κ2) is 4.74. The molecule has 5 heteroatoms. The van der Waals surface area contributed by atoms with Gasteiger partial charge >= 0.3 is 0 Å². The Bertz CT molecular complexity index is 575. The Morgan fingerprint density at radius 2 is 2.32 bits per heavy atom. The monoisotopic (exact) mass is 261 g/mol. The van der Waals surface area contributed by atoms with E-state index in [1.807, 2.05) is 12.1 Å². The SMILES string of the molecule is COCCC1(CNc2nc3ccc(N)cc3o2)CC1. The van der Waals surface area contributed by atoms with E-state index in [0.717, 1.165) is 30.7 Å². The molecular formula is C14H19N3O2. The predicted octanol–water partition coefficient (Wildman–Crippen LogP) is 2.64. The van der Waals surface area contributed by atoms with Gasteiger partial charge in [0.25, 0.3) is 6.01 Å². The van der Waals surface area contributed by atoms with Gasteiger partial charge in [0.05, 0.1) is 0 Å². The van der Waals surface area contributed by atoms with E-state index in [0.29, 0.717) is 17.1 Å². The van der Waals surface area contributed by atoms with Gasteiger partial charge < -0.3 is 20.2 Å². The Hall–Kier alpha value is -1.75. The van der Waals surface area contributed by atoms with Crippen LogP contribution in [0.5, 0.6) is 0 Å². The van der Waals surface area contributed by atoms with Crippen LogP contribution in [0.4, 0.5) is 11.7 Å². The Kier molecular flexibility index (Phi) is 3.06. The van der Waals surface area contributed by atoms with Gasteiger partial charge in [-0.25, -0.2) is 0 Å². The van der Waals surface area contributed by atoms with Gasteiger partial charge in [0.15, 0.2) is 5.58 Å². The summed E-state index contributed by atoms with van der Waals surface area (Å²) in [6.45, 7) is 1.70. The van der Waals surface area contributed by atoms with E-state index in [2.05, 4.69) is 10.3 Å². The molecule has 3 N–H and O–H groups in total. The van der Waals surface area contributed by atoms with Gasteiger partial charge in [-0.15, -0.1) is 0 Å². The molecule has 0 spiro atoms. The zero-order valence-electron chi connectivity index (χ0n) is 11.1. The number of ether oxygens (including phenoxy) is 1. The Balaban J connectivity index is 1.65. The molecule has 19 heavy (non-hydrogen) atoms. The lowest BCUT2D eigenvalue weighted by Gasteiger charge is -2.14. The van der Waals surface area contributed by atoms with Crippen molar-refractivity contribution in [3.05, 3.63) is 18.2 Å². The Morgan fingerprint density at radius 1 is 1.47 bits per heavy atom. The first-order valence-electron chi connectivity index (χ1n) is 6.60. The Morgan fingerprint density at radius 3 is 3.05 bits per heavy atom. The summed E-state index contributed by atoms with van der Waals surface area (Å²) in [6, 6.07) is 6.07. The van der Waals surface area contributed by atoms with Crippen LogP contribution in [0.15, 0.2) is 22.6 Å². The lowest BCUT2D eigenvalue weighted by Crippen LogP contribution is -2.17. The van der Waals surface area contributed by atoms with Crippen LogP contribution in [0.1, 0.15) is 19.3 Å². The summed E-state index contributed by atoms with van der Waals surface area (Å²) >= 11 is 0. The van der Waals surface area contributed by atoms with Crippen molar-refractivity contribution in [2.24, 2.45) is 5.41 Å². The fourth-order valence-corrected chi connectivity index (χ4v) is 2.29. The van der Waals surface area contributed by atoms with Crippen molar-refractivity contribution in [2.45, 2.75) is 19.3 Å². The number of rotatable bonds is 6. The molecule has 1 fully saturated rings. The number of nitrogens with zero attached hydrogens (tertiary/aromatic N) is 1. The lowest BCUT2D eigenvalue weighted by molar-refractivity contribution is 0.174. The third-order valence-corrected chi connectivity index (χ3v) is 3.82. The lowest BCUT2D eigenvalue weighted by atomic mass is 10.0. The first-order chi connectivity index (χ1) is 9.21. The van der Waals surface area contributed by atoms with Gasteiger partial charge in [-0.3, -0.25) is 0 Å². The van der Waals surface area contributed by atoms with Crippen LogP contribution < -0.4 is 11.1 Å². The number of methoxy groups -OCH3 is 1. The molecule has 0 bridgehead atoms. The van der Waals surface area contributed by atoms with Crippen LogP contribution in [0.2, 0.25) is 0 Å². The molecule has 1 aromatic carbocycles. The van der Waals surface area contributed by atoms with Crippen molar-refractivity contribution < 1.29 is 9.15 Å². The fourth-order valence-electron chi connectivity index (χ4n) is 2.29. The molecule has 1 heterocycles. The minimum absolute atomic E-state index is 0.371. The van der Waals surface area contributed by atoms with Gasteiger partial charge in [0, 0.05) is 32.0 Å². The smallest absolute Gasteiger partial charge is 0.295 e. The van der Waals surface area contributed by atoms with E-state index in [4.69, 9.17) is 14.9 Å². The van der Waals surface area contributed by atoms with Crippen molar-refractivity contribution in [3.63, 3.8) is 0 Å². The van der Waals surface area contributed by atoms with Crippen molar-refractivity contribution in [1.82, 2.24) is 4.98 Å². The average Bonchev–Trinajstić information content (AvgIpc) is 3.06. The number of anilines is 2. The molecule has 0 atom stereocenters. The maximum Gasteiger partial charge on any atom is 0.295 e. The molecule has 2 aromatic rings. The maximum absolute atomic E-state index is 5.72. The van der Waals surface area contributed by atoms with E-state index in [1.54, 1.807) is 13.2 Å². The van der Waals surface area contributed by atoms with Crippen LogP contribution in [0, 0.1) is 5.41 Å². The molecule has 0 unspecified atom stereocenters. The summed E-state index contributed by atoms with van der Waals surface area (Å²) in [4.78, 5) is 4.40. The van der Waals surface area contributed by atoms with E-state index in [1.165, 1.54) is 12.8 Å².